The van der Waals surface area contributed by atoms with Gasteiger partial charge in [-0.2, -0.15) is 0 Å². The average molecular weight is 478 g/mol. The number of allylic oxidation sites excluding steroid dienone is 1. The summed E-state index contributed by atoms with van der Waals surface area (Å²) in [5, 5.41) is 3.18. The van der Waals surface area contributed by atoms with E-state index in [2.05, 4.69) is 36.4 Å². The number of amides is 1. The highest BCUT2D eigenvalue weighted by Crippen LogP contribution is 2.29. The Hall–Kier alpha value is -3.28. The van der Waals surface area contributed by atoms with Crippen molar-refractivity contribution in [1.82, 2.24) is 14.9 Å². The fraction of sp³-hybridized carbons (Fsp3) is 0.448. The monoisotopic (exact) mass is 477 g/mol. The van der Waals surface area contributed by atoms with E-state index in [1.54, 1.807) is 7.11 Å². The fourth-order valence-electron chi connectivity index (χ4n) is 4.39. The molecule has 1 N–H and O–H groups in total. The second-order valence-electron chi connectivity index (χ2n) is 8.89. The number of rotatable bonds is 14. The summed E-state index contributed by atoms with van der Waals surface area (Å²) < 4.78 is 13.7. The molecule has 6 heteroatoms. The lowest BCUT2D eigenvalue weighted by molar-refractivity contribution is -0.125. The summed E-state index contributed by atoms with van der Waals surface area (Å²) in [5.41, 5.74) is 3.19. The molecule has 0 bridgehead atoms. The van der Waals surface area contributed by atoms with Crippen LogP contribution >= 0.6 is 0 Å². The van der Waals surface area contributed by atoms with E-state index >= 15 is 0 Å². The van der Waals surface area contributed by atoms with Crippen molar-refractivity contribution in [2.75, 3.05) is 13.7 Å². The predicted molar refractivity (Wildman–Crippen MR) is 142 cm³/mol. The van der Waals surface area contributed by atoms with Crippen LogP contribution in [0.1, 0.15) is 63.9 Å². The van der Waals surface area contributed by atoms with E-state index < -0.39 is 0 Å². The molecule has 0 saturated carbocycles. The van der Waals surface area contributed by atoms with Crippen molar-refractivity contribution in [3.05, 3.63) is 66.5 Å². The first-order valence-electron chi connectivity index (χ1n) is 12.7. The summed E-state index contributed by atoms with van der Waals surface area (Å²) in [5.74, 6) is 2.53. The number of methoxy groups -OCH3 is 1. The van der Waals surface area contributed by atoms with Gasteiger partial charge >= 0.3 is 0 Å². The van der Waals surface area contributed by atoms with Gasteiger partial charge in [0.15, 0.2) is 11.5 Å². The molecule has 1 amide bonds. The quantitative estimate of drug-likeness (QED) is 0.220. The minimum Gasteiger partial charge on any atom is -0.493 e. The number of imidazole rings is 1. The third-order valence-corrected chi connectivity index (χ3v) is 6.43. The number of nitrogens with zero attached hydrogens (tertiary/aromatic N) is 2. The topological polar surface area (TPSA) is 65.4 Å². The first kappa shape index (κ1) is 26.3. The lowest BCUT2D eigenvalue weighted by atomic mass is 10.0. The van der Waals surface area contributed by atoms with Crippen LogP contribution in [0.3, 0.4) is 0 Å². The second-order valence-corrected chi connectivity index (χ2v) is 8.89. The smallest absolute Gasteiger partial charge is 0.223 e. The molecule has 188 valence electrons. The maximum atomic E-state index is 12.7. The normalized spacial score (nSPS) is 12.0. The molecule has 35 heavy (non-hydrogen) atoms. The molecule has 3 rings (SSSR count). The molecule has 0 aliphatic carbocycles. The van der Waals surface area contributed by atoms with Gasteiger partial charge in [0.2, 0.25) is 5.91 Å². The molecule has 0 spiro atoms. The summed E-state index contributed by atoms with van der Waals surface area (Å²) in [6.07, 6.45) is 6.17. The Kier molecular flexibility index (Phi) is 9.76. The van der Waals surface area contributed by atoms with E-state index in [0.29, 0.717) is 6.61 Å². The van der Waals surface area contributed by atoms with Gasteiger partial charge in [0.05, 0.1) is 30.8 Å². The minimum absolute atomic E-state index is 0.0373. The SMILES string of the molecule is C=CCc1ccc(OCCCCn2c(C(C)NC(=O)C(CC)CC)nc3ccccc32)c(OC)c1. The Bertz CT molecular complexity index is 1120. The van der Waals surface area contributed by atoms with E-state index in [9.17, 15) is 4.79 Å². The zero-order chi connectivity index (χ0) is 25.2. The molecule has 0 saturated heterocycles. The Balaban J connectivity index is 1.64. The van der Waals surface area contributed by atoms with Gasteiger partial charge < -0.3 is 19.4 Å². The van der Waals surface area contributed by atoms with Crippen molar-refractivity contribution in [3.8, 4) is 11.5 Å². The molecule has 0 fully saturated rings. The van der Waals surface area contributed by atoms with E-state index in [0.717, 1.165) is 72.6 Å². The third-order valence-electron chi connectivity index (χ3n) is 6.43. The molecule has 1 atom stereocenters. The number of aryl methyl sites for hydroxylation is 1. The molecule has 2 aromatic carbocycles. The summed E-state index contributed by atoms with van der Waals surface area (Å²) in [6.45, 7) is 11.3. The first-order valence-corrected chi connectivity index (χ1v) is 12.7. The van der Waals surface area contributed by atoms with Gasteiger partial charge in [-0.25, -0.2) is 4.98 Å². The number of para-hydroxylation sites is 2. The lowest BCUT2D eigenvalue weighted by Crippen LogP contribution is -2.33. The number of fused-ring (bicyclic) bond motifs is 1. The third kappa shape index (κ3) is 6.65. The second kappa shape index (κ2) is 13.0. The van der Waals surface area contributed by atoms with Crippen molar-refractivity contribution < 1.29 is 14.3 Å². The molecule has 0 aliphatic heterocycles. The highest BCUT2D eigenvalue weighted by Gasteiger charge is 2.21. The van der Waals surface area contributed by atoms with Gasteiger partial charge in [0.1, 0.15) is 5.82 Å². The summed E-state index contributed by atoms with van der Waals surface area (Å²) in [7, 11) is 1.66. The van der Waals surface area contributed by atoms with Crippen molar-refractivity contribution in [3.63, 3.8) is 0 Å². The van der Waals surface area contributed by atoms with Crippen molar-refractivity contribution in [2.24, 2.45) is 5.92 Å². The summed E-state index contributed by atoms with van der Waals surface area (Å²) >= 11 is 0. The number of hydrogen-bond donors (Lipinski definition) is 1. The number of ether oxygens (including phenoxy) is 2. The van der Waals surface area contributed by atoms with E-state index in [1.165, 1.54) is 0 Å². The van der Waals surface area contributed by atoms with Gasteiger partial charge in [-0.15, -0.1) is 6.58 Å². The molecule has 3 aromatic rings. The molecule has 0 aliphatic rings. The zero-order valence-electron chi connectivity index (χ0n) is 21.5. The van der Waals surface area contributed by atoms with Crippen molar-refractivity contribution >= 4 is 16.9 Å². The van der Waals surface area contributed by atoms with Gasteiger partial charge in [-0.3, -0.25) is 4.79 Å². The molecule has 1 aromatic heterocycles. The average Bonchev–Trinajstić information content (AvgIpc) is 3.24. The Morgan fingerprint density at radius 2 is 1.91 bits per heavy atom. The number of benzene rings is 2. The standard InChI is InChI=1S/C29H39N3O3/c1-6-13-22-16-17-26(27(20-22)34-5)35-19-12-11-18-32-25-15-10-9-14-24(25)31-28(32)21(4)30-29(33)23(7-2)8-3/h6,9-10,14-17,20-21,23H,1,7-8,11-13,18-19H2,2-5H3,(H,30,33). The van der Waals surface area contributed by atoms with Crippen LogP contribution in [0.5, 0.6) is 11.5 Å². The highest BCUT2D eigenvalue weighted by atomic mass is 16.5. The Morgan fingerprint density at radius 1 is 1.14 bits per heavy atom. The summed E-state index contributed by atoms with van der Waals surface area (Å²) in [6, 6.07) is 14.0. The van der Waals surface area contributed by atoms with Crippen LogP contribution in [0, 0.1) is 5.92 Å². The van der Waals surface area contributed by atoms with Crippen LogP contribution in [0.25, 0.3) is 11.0 Å². The zero-order valence-corrected chi connectivity index (χ0v) is 21.5. The van der Waals surface area contributed by atoms with Crippen molar-refractivity contribution in [1.29, 1.82) is 0 Å². The molecule has 6 nitrogen and oxygen atoms in total. The Labute approximate surface area is 209 Å². The van der Waals surface area contributed by atoms with Gasteiger partial charge in [-0.1, -0.05) is 38.1 Å². The van der Waals surface area contributed by atoms with E-state index in [-0.39, 0.29) is 17.9 Å². The fourth-order valence-corrected chi connectivity index (χ4v) is 4.39. The Morgan fingerprint density at radius 3 is 2.63 bits per heavy atom. The molecule has 1 unspecified atom stereocenters. The van der Waals surface area contributed by atoms with E-state index in [4.69, 9.17) is 14.5 Å². The lowest BCUT2D eigenvalue weighted by Gasteiger charge is -2.19. The van der Waals surface area contributed by atoms with Crippen LogP contribution in [-0.4, -0.2) is 29.2 Å². The van der Waals surface area contributed by atoms with Gasteiger partial charge in [0.25, 0.3) is 0 Å². The maximum absolute atomic E-state index is 12.7. The van der Waals surface area contributed by atoms with Crippen LogP contribution in [0.4, 0.5) is 0 Å². The molecular weight excluding hydrogens is 438 g/mol. The predicted octanol–water partition coefficient (Wildman–Crippen LogP) is 6.25. The minimum atomic E-state index is -0.162. The molecule has 1 heterocycles. The van der Waals surface area contributed by atoms with Crippen LogP contribution in [-0.2, 0) is 17.8 Å². The maximum Gasteiger partial charge on any atom is 0.223 e. The van der Waals surface area contributed by atoms with Crippen LogP contribution in [0.15, 0.2) is 55.1 Å². The highest BCUT2D eigenvalue weighted by molar-refractivity contribution is 5.79. The number of carbonyl (C=O) groups excluding carboxylic acids is 1. The van der Waals surface area contributed by atoms with Crippen LogP contribution < -0.4 is 14.8 Å². The van der Waals surface area contributed by atoms with Gasteiger partial charge in [-0.05, 0) is 68.9 Å². The number of carbonyl (C=O) groups is 1. The molecule has 0 radical (unpaired) electrons. The first-order chi connectivity index (χ1) is 17.0. The van der Waals surface area contributed by atoms with Crippen LogP contribution in [0.2, 0.25) is 0 Å². The summed E-state index contributed by atoms with van der Waals surface area (Å²) in [4.78, 5) is 17.5. The van der Waals surface area contributed by atoms with Gasteiger partial charge in [0, 0.05) is 12.5 Å². The van der Waals surface area contributed by atoms with E-state index in [1.807, 2.05) is 49.4 Å². The number of hydrogen-bond acceptors (Lipinski definition) is 4. The number of nitrogens with one attached hydrogen (secondary N) is 1. The number of unbranched alkanes of at least 4 members (excludes halogenated alkanes) is 1. The van der Waals surface area contributed by atoms with Crippen molar-refractivity contribution in [2.45, 2.75) is 65.5 Å². The number of aromatic nitrogens is 2. The molecular formula is C29H39N3O3. The largest absolute Gasteiger partial charge is 0.493 e.